The lowest BCUT2D eigenvalue weighted by molar-refractivity contribution is -0.252. The highest BCUT2D eigenvalue weighted by atomic mass is 17.2. The Balaban J connectivity index is 2.33. The van der Waals surface area contributed by atoms with E-state index in [4.69, 9.17) is 4.74 Å². The fourth-order valence-electron chi connectivity index (χ4n) is 0.878. The van der Waals surface area contributed by atoms with E-state index >= 15 is 0 Å². The Morgan fingerprint density at radius 2 is 1.88 bits per heavy atom. The van der Waals surface area contributed by atoms with Gasteiger partial charge in [0.05, 0.1) is 0 Å². The smallest absolute Gasteiger partial charge is 0.425 e. The zero-order valence-corrected chi connectivity index (χ0v) is 9.51. The molecule has 0 saturated carbocycles. The maximum Gasteiger partial charge on any atom is 0.425 e. The van der Waals surface area contributed by atoms with E-state index in [-0.39, 0.29) is 5.76 Å². The molecule has 0 atom stereocenters. The van der Waals surface area contributed by atoms with Crippen molar-refractivity contribution in [3.8, 4) is 0 Å². The monoisotopic (exact) mass is 236 g/mol. The van der Waals surface area contributed by atoms with Gasteiger partial charge in [-0.2, -0.15) is 0 Å². The molecule has 0 aromatic carbocycles. The van der Waals surface area contributed by atoms with E-state index in [9.17, 15) is 9.59 Å². The highest BCUT2D eigenvalue weighted by Gasteiger charge is 2.33. The quantitative estimate of drug-likeness (QED) is 0.323. The van der Waals surface area contributed by atoms with Gasteiger partial charge in [0, 0.05) is 6.08 Å². The molecule has 5 nitrogen and oxygen atoms in total. The predicted molar refractivity (Wildman–Crippen MR) is 59.1 cm³/mol. The fourth-order valence-corrected chi connectivity index (χ4v) is 0.878. The molecule has 0 aromatic rings. The summed E-state index contributed by atoms with van der Waals surface area (Å²) >= 11 is 0. The summed E-state index contributed by atoms with van der Waals surface area (Å²) in [5, 5.41) is 0. The zero-order chi connectivity index (χ0) is 12.7. The molecule has 0 bridgehead atoms. The van der Waals surface area contributed by atoms with Gasteiger partial charge >= 0.3 is 11.9 Å². The lowest BCUT2D eigenvalue weighted by atomic mass is 10.4. The Morgan fingerprint density at radius 3 is 2.53 bits per heavy atom. The number of hydrogen-bond donors (Lipinski definition) is 0. The molecule has 0 aliphatic carbocycles. The minimum atomic E-state index is -0.828. The van der Waals surface area contributed by atoms with Gasteiger partial charge < -0.3 is 4.74 Å². The van der Waals surface area contributed by atoms with Crippen molar-refractivity contribution in [2.75, 3.05) is 0 Å². The Kier molecular flexibility index (Phi) is 4.75. The molecule has 0 unspecified atom stereocenters. The summed E-state index contributed by atoms with van der Waals surface area (Å²) < 4.78 is 4.80. The van der Waals surface area contributed by atoms with E-state index in [1.165, 1.54) is 6.08 Å². The third-order valence-electron chi connectivity index (χ3n) is 1.63. The molecule has 0 aromatic heterocycles. The molecule has 90 valence electrons. The third-order valence-corrected chi connectivity index (χ3v) is 1.63. The summed E-state index contributed by atoms with van der Waals surface area (Å²) in [6.07, 6.45) is 9.28. The molecule has 1 rings (SSSR count). The maximum absolute atomic E-state index is 11.2. The van der Waals surface area contributed by atoms with Gasteiger partial charge in [-0.05, 0) is 19.9 Å². The Hall–Kier alpha value is -2.30. The number of ether oxygens (including phenoxy) is 1. The Labute approximate surface area is 98.6 Å². The van der Waals surface area contributed by atoms with Gasteiger partial charge in [0.1, 0.15) is 0 Å². The summed E-state index contributed by atoms with van der Waals surface area (Å²) in [7, 11) is 0. The second kappa shape index (κ2) is 6.32. The molecule has 1 aliphatic rings. The van der Waals surface area contributed by atoms with Crippen LogP contribution in [0.1, 0.15) is 13.8 Å². The molecule has 0 saturated heterocycles. The molecule has 0 spiro atoms. The van der Waals surface area contributed by atoms with Crippen LogP contribution in [0, 0.1) is 0 Å². The van der Waals surface area contributed by atoms with Crippen LogP contribution in [-0.2, 0) is 24.1 Å². The number of hydrogen-bond acceptors (Lipinski definition) is 5. The topological polar surface area (TPSA) is 65.1 Å². The van der Waals surface area contributed by atoms with Crippen LogP contribution in [0.4, 0.5) is 0 Å². The van der Waals surface area contributed by atoms with Crippen molar-refractivity contribution in [2.24, 2.45) is 0 Å². The van der Waals surface area contributed by atoms with E-state index < -0.39 is 11.9 Å². The Bertz CT molecular complexity index is 426. The standard InChI is InChI=1S/C12H12O5/c1-3-5-6-8-10(13)16-17-12(14)11-9(15-11)7-4-2/h3-8H,1-2H3/b5-3+,7-4+,8-6+. The second-order valence-electron chi connectivity index (χ2n) is 2.95. The molecule has 5 heteroatoms. The molecule has 0 amide bonds. The maximum atomic E-state index is 11.2. The van der Waals surface area contributed by atoms with Crippen molar-refractivity contribution in [3.05, 3.63) is 48.0 Å². The van der Waals surface area contributed by atoms with Crippen LogP contribution < -0.4 is 0 Å². The first-order chi connectivity index (χ1) is 8.19. The van der Waals surface area contributed by atoms with E-state index in [0.717, 1.165) is 6.08 Å². The molecule has 0 radical (unpaired) electrons. The van der Waals surface area contributed by atoms with E-state index in [1.807, 2.05) is 0 Å². The van der Waals surface area contributed by atoms with Crippen molar-refractivity contribution in [1.82, 2.24) is 0 Å². The first-order valence-electron chi connectivity index (χ1n) is 4.96. The van der Waals surface area contributed by atoms with Crippen molar-refractivity contribution in [1.29, 1.82) is 0 Å². The minimum Gasteiger partial charge on any atom is -0.442 e. The number of carbonyl (C=O) groups is 2. The highest BCUT2D eigenvalue weighted by molar-refractivity contribution is 5.91. The van der Waals surface area contributed by atoms with E-state index in [1.54, 1.807) is 38.2 Å². The van der Waals surface area contributed by atoms with E-state index in [2.05, 4.69) is 9.78 Å². The molecule has 0 N–H and O–H groups in total. The summed E-state index contributed by atoms with van der Waals surface area (Å²) in [5.41, 5.74) is 0. The van der Waals surface area contributed by atoms with Crippen LogP contribution in [0.5, 0.6) is 0 Å². The van der Waals surface area contributed by atoms with Crippen LogP contribution >= 0.6 is 0 Å². The van der Waals surface area contributed by atoms with Gasteiger partial charge in [-0.25, -0.2) is 19.4 Å². The predicted octanol–water partition coefficient (Wildman–Crippen LogP) is 1.94. The summed E-state index contributed by atoms with van der Waals surface area (Å²) in [6, 6.07) is 0. The highest BCUT2D eigenvalue weighted by Crippen LogP contribution is 2.28. The van der Waals surface area contributed by atoms with Gasteiger partial charge in [-0.15, -0.1) is 0 Å². The second-order valence-corrected chi connectivity index (χ2v) is 2.95. The summed E-state index contributed by atoms with van der Waals surface area (Å²) in [5.74, 6) is -1.14. The minimum absolute atomic E-state index is 0.0494. The van der Waals surface area contributed by atoms with Gasteiger partial charge in [0.15, 0.2) is 5.76 Å². The average Bonchev–Trinajstić information content (AvgIpc) is 3.06. The summed E-state index contributed by atoms with van der Waals surface area (Å²) in [4.78, 5) is 30.6. The normalized spacial score (nSPS) is 14.5. The zero-order valence-electron chi connectivity index (χ0n) is 9.51. The lowest BCUT2D eigenvalue weighted by Crippen LogP contribution is -2.08. The first-order valence-corrected chi connectivity index (χ1v) is 4.96. The van der Waals surface area contributed by atoms with E-state index in [0.29, 0.717) is 5.76 Å². The van der Waals surface area contributed by atoms with Gasteiger partial charge in [0.2, 0.25) is 0 Å². The number of carbonyl (C=O) groups excluding carboxylic acids is 2. The molecular weight excluding hydrogens is 224 g/mol. The number of allylic oxidation sites excluding steroid dienone is 5. The van der Waals surface area contributed by atoms with Crippen molar-refractivity contribution >= 4 is 11.9 Å². The molecule has 1 heterocycles. The molecule has 0 fully saturated rings. The van der Waals surface area contributed by atoms with Crippen molar-refractivity contribution in [2.45, 2.75) is 13.8 Å². The van der Waals surface area contributed by atoms with Crippen LogP contribution in [0.25, 0.3) is 0 Å². The third kappa shape index (κ3) is 4.38. The molecule has 1 aliphatic heterocycles. The first kappa shape index (κ1) is 12.8. The average molecular weight is 236 g/mol. The SMILES string of the molecule is C/C=C/C=C/C(=O)OOC(=O)C1=C(/C=C/C)O1. The van der Waals surface area contributed by atoms with Crippen molar-refractivity contribution in [3.63, 3.8) is 0 Å². The lowest BCUT2D eigenvalue weighted by Gasteiger charge is -1.95. The number of rotatable bonds is 4. The van der Waals surface area contributed by atoms with Crippen LogP contribution in [0.15, 0.2) is 48.0 Å². The van der Waals surface area contributed by atoms with Crippen molar-refractivity contribution < 1.29 is 24.1 Å². The van der Waals surface area contributed by atoms with Gasteiger partial charge in [0.25, 0.3) is 5.76 Å². The molecular formula is C12H12O5. The van der Waals surface area contributed by atoms with Gasteiger partial charge in [-0.3, -0.25) is 0 Å². The van der Waals surface area contributed by atoms with Crippen LogP contribution in [0.3, 0.4) is 0 Å². The fraction of sp³-hybridized carbons (Fsp3) is 0.167. The van der Waals surface area contributed by atoms with Gasteiger partial charge in [-0.1, -0.05) is 24.3 Å². The Morgan fingerprint density at radius 1 is 1.12 bits per heavy atom. The van der Waals surface area contributed by atoms with Crippen LogP contribution in [-0.4, -0.2) is 11.9 Å². The molecule has 17 heavy (non-hydrogen) atoms. The van der Waals surface area contributed by atoms with Crippen LogP contribution in [0.2, 0.25) is 0 Å². The largest absolute Gasteiger partial charge is 0.442 e. The summed E-state index contributed by atoms with van der Waals surface area (Å²) in [6.45, 7) is 3.58.